The molecule has 6 atom stereocenters. The molecule has 3 aromatic rings. The molecule has 12 nitrogen and oxygen atoms in total. The summed E-state index contributed by atoms with van der Waals surface area (Å²) in [5.74, 6) is -7.28. The van der Waals surface area contributed by atoms with Gasteiger partial charge in [0.05, 0.1) is 80.9 Å². The summed E-state index contributed by atoms with van der Waals surface area (Å²) in [6.07, 6.45) is 1.61. The lowest BCUT2D eigenvalue weighted by Crippen LogP contribution is -2.53. The second kappa shape index (κ2) is 12.0. The lowest BCUT2D eigenvalue weighted by atomic mass is 9.57. The Bertz CT molecular complexity index is 2510. The summed E-state index contributed by atoms with van der Waals surface area (Å²) in [5.41, 5.74) is -14.0. The topological polar surface area (TPSA) is 285 Å². The summed E-state index contributed by atoms with van der Waals surface area (Å²) < 4.78 is 0. The minimum Gasteiger partial charge on any atom is -0.196 e. The average Bonchev–Trinajstić information content (AvgIpc) is 4.12. The third-order valence-corrected chi connectivity index (χ3v) is 23.0. The molecule has 3 fully saturated rings. The van der Waals surface area contributed by atoms with Gasteiger partial charge in [-0.2, -0.15) is 63.1 Å². The second-order valence-electron chi connectivity index (χ2n) is 17.1. The average molecular weight is 799 g/mol. The summed E-state index contributed by atoms with van der Waals surface area (Å²) >= 11 is 0. The van der Waals surface area contributed by atoms with Crippen molar-refractivity contribution in [3.05, 3.63) is 119 Å². The highest BCUT2D eigenvalue weighted by atomic mass is 28.3. The van der Waals surface area contributed by atoms with Crippen LogP contribution in [0.1, 0.15) is 68.9 Å². The Balaban J connectivity index is 1.54. The van der Waals surface area contributed by atoms with E-state index in [1.807, 2.05) is 0 Å². The fourth-order valence-electron chi connectivity index (χ4n) is 14.7. The molecule has 6 unspecified atom stereocenters. The van der Waals surface area contributed by atoms with Crippen LogP contribution in [-0.4, -0.2) is 8.07 Å². The van der Waals surface area contributed by atoms with Gasteiger partial charge < -0.3 is 0 Å². The number of allylic oxidation sites excluding steroid dienone is 1. The fraction of sp³-hybridized carbons (Fsp3) is 0.333. The molecule has 13 heteroatoms. The molecule has 3 saturated carbocycles. The van der Waals surface area contributed by atoms with Gasteiger partial charge in [-0.3, -0.25) is 0 Å². The van der Waals surface area contributed by atoms with Crippen LogP contribution in [0.25, 0.3) is 0 Å². The van der Waals surface area contributed by atoms with Crippen LogP contribution >= 0.6 is 0 Å². The van der Waals surface area contributed by atoms with Crippen molar-refractivity contribution in [3.8, 4) is 72.8 Å². The molecule has 6 aliphatic rings. The summed E-state index contributed by atoms with van der Waals surface area (Å²) in [4.78, 5) is 0. The fourth-order valence-corrected chi connectivity index (χ4v) is 23.6. The van der Waals surface area contributed by atoms with Gasteiger partial charge in [0.1, 0.15) is 0 Å². The van der Waals surface area contributed by atoms with E-state index in [1.165, 1.54) is 0 Å². The molecule has 282 valence electrons. The van der Waals surface area contributed by atoms with E-state index in [4.69, 9.17) is 0 Å². The highest BCUT2D eigenvalue weighted by Gasteiger charge is 2.89. The molecule has 0 aliphatic heterocycles. The molecule has 6 bridgehead atoms. The Hall–Kier alpha value is -8.50. The molecular formula is C48H26N12Si. The number of hydrogen-bond acceptors (Lipinski definition) is 12. The molecule has 0 heterocycles. The Kier molecular flexibility index (Phi) is 7.50. The number of rotatable bonds is 5. The van der Waals surface area contributed by atoms with Crippen molar-refractivity contribution in [3.63, 3.8) is 0 Å². The van der Waals surface area contributed by atoms with E-state index in [-0.39, 0.29) is 6.04 Å². The number of nitrogens with zero attached hydrogens (tertiary/aromatic N) is 12. The molecule has 0 radical (unpaired) electrons. The van der Waals surface area contributed by atoms with Crippen molar-refractivity contribution in [2.45, 2.75) is 58.2 Å². The van der Waals surface area contributed by atoms with Crippen LogP contribution in [0.2, 0.25) is 22.7 Å². The zero-order valence-corrected chi connectivity index (χ0v) is 33.0. The van der Waals surface area contributed by atoms with Crippen molar-refractivity contribution >= 4 is 8.07 Å². The summed E-state index contributed by atoms with van der Waals surface area (Å²) in [5, 5.41) is 136. The lowest BCUT2D eigenvalue weighted by Gasteiger charge is -2.52. The first-order chi connectivity index (χ1) is 29.6. The van der Waals surface area contributed by atoms with E-state index in [9.17, 15) is 63.1 Å². The Morgan fingerprint density at radius 3 is 0.656 bits per heavy atom. The summed E-state index contributed by atoms with van der Waals surface area (Å²) in [6, 6.07) is 46.6. The van der Waals surface area contributed by atoms with Crippen molar-refractivity contribution in [1.29, 1.82) is 63.1 Å². The maximum Gasteiger partial charge on any atom is 0.182 e. The molecule has 6 aliphatic carbocycles. The Morgan fingerprint density at radius 2 is 0.525 bits per heavy atom. The zero-order valence-electron chi connectivity index (χ0n) is 32.0. The molecule has 0 aromatic heterocycles. The van der Waals surface area contributed by atoms with Crippen molar-refractivity contribution < 1.29 is 0 Å². The third kappa shape index (κ3) is 3.37. The van der Waals surface area contributed by atoms with E-state index in [0.717, 1.165) is 0 Å². The Morgan fingerprint density at radius 1 is 0.361 bits per heavy atom. The van der Waals surface area contributed by atoms with Gasteiger partial charge in [-0.25, -0.2) is 0 Å². The van der Waals surface area contributed by atoms with E-state index >= 15 is 0 Å². The predicted octanol–water partition coefficient (Wildman–Crippen LogP) is 7.62. The third-order valence-electron chi connectivity index (χ3n) is 16.3. The van der Waals surface area contributed by atoms with Gasteiger partial charge in [0.2, 0.25) is 0 Å². The molecule has 61 heavy (non-hydrogen) atoms. The summed E-state index contributed by atoms with van der Waals surface area (Å²) in [7, 11) is -4.44. The van der Waals surface area contributed by atoms with Gasteiger partial charge in [0, 0.05) is 35.5 Å². The minimum absolute atomic E-state index is 0.0322. The molecule has 9 rings (SSSR count). The van der Waals surface area contributed by atoms with Gasteiger partial charge in [-0.15, -0.1) is 6.58 Å². The number of nitriles is 12. The van der Waals surface area contributed by atoms with Crippen LogP contribution in [0.4, 0.5) is 0 Å². The maximum atomic E-state index is 11.3. The predicted molar refractivity (Wildman–Crippen MR) is 210 cm³/mol. The van der Waals surface area contributed by atoms with E-state index in [2.05, 4.69) is 79.4 Å². The SMILES string of the molecule is C=CC[Si](C1C2c3ccccc3C1C(C#N)(C#N)C2(C#N)C#N)(C1C2c3ccccc3C1C(C#N)(C#N)C2(C#N)C#N)C1C2c3ccccc3C1C(C#N)(C#N)C2(C#N)C#N. The van der Waals surface area contributed by atoms with Crippen LogP contribution in [0.3, 0.4) is 0 Å². The summed E-state index contributed by atoms with van der Waals surface area (Å²) in [6.45, 7) is 4.23. The first kappa shape index (κ1) is 38.0. The van der Waals surface area contributed by atoms with Crippen LogP contribution in [0, 0.1) is 168 Å². The maximum absolute atomic E-state index is 11.3. The first-order valence-corrected chi connectivity index (χ1v) is 21.9. The van der Waals surface area contributed by atoms with E-state index in [1.54, 1.807) is 78.9 Å². The van der Waals surface area contributed by atoms with Crippen LogP contribution < -0.4 is 0 Å². The van der Waals surface area contributed by atoms with Gasteiger partial charge in [-0.1, -0.05) is 78.9 Å². The van der Waals surface area contributed by atoms with Gasteiger partial charge in [0.15, 0.2) is 32.5 Å². The molecule has 0 N–H and O–H groups in total. The van der Waals surface area contributed by atoms with Crippen LogP contribution in [0.5, 0.6) is 0 Å². The van der Waals surface area contributed by atoms with Crippen molar-refractivity contribution in [2.24, 2.45) is 32.5 Å². The normalized spacial score (nSPS) is 31.6. The molecular weight excluding hydrogens is 773 g/mol. The first-order valence-electron chi connectivity index (χ1n) is 19.4. The molecule has 0 amide bonds. The van der Waals surface area contributed by atoms with Crippen molar-refractivity contribution in [1.82, 2.24) is 0 Å². The Labute approximate surface area is 352 Å². The van der Waals surface area contributed by atoms with Crippen LogP contribution in [-0.2, 0) is 0 Å². The standard InChI is InChI=1S/C48H26N12Si/c1-2-15-61(40-34-28-9-3-4-10-29(28)35(40)44(18-51,19-52)43(34,16-49)17-50,41-36-30-11-5-6-12-31(30)37(41)46(22-55,23-56)45(36,20-53)21-54)42-38-32-13-7-8-14-33(32)39(42)48(26-59,27-60)47(38,24-57)25-58/h2-14,34-42H,1,15H2. The van der Waals surface area contributed by atoms with Crippen LogP contribution in [0.15, 0.2) is 85.5 Å². The monoisotopic (exact) mass is 798 g/mol. The highest BCUT2D eigenvalue weighted by molar-refractivity contribution is 6.86. The molecule has 0 saturated heterocycles. The zero-order chi connectivity index (χ0) is 43.5. The lowest BCUT2D eigenvalue weighted by molar-refractivity contribution is 0.293. The van der Waals surface area contributed by atoms with Crippen molar-refractivity contribution in [2.75, 3.05) is 0 Å². The number of hydrogen-bond donors (Lipinski definition) is 0. The largest absolute Gasteiger partial charge is 0.196 e. The van der Waals surface area contributed by atoms with Gasteiger partial charge in [-0.05, 0) is 56.0 Å². The van der Waals surface area contributed by atoms with Gasteiger partial charge in [0.25, 0.3) is 0 Å². The number of benzene rings is 3. The smallest absolute Gasteiger partial charge is 0.182 e. The quantitative estimate of drug-likeness (QED) is 0.178. The van der Waals surface area contributed by atoms with E-state index in [0.29, 0.717) is 33.4 Å². The number of fused-ring (bicyclic) bond motifs is 15. The van der Waals surface area contributed by atoms with Gasteiger partial charge >= 0.3 is 0 Å². The highest BCUT2D eigenvalue weighted by Crippen LogP contribution is 2.90. The minimum atomic E-state index is -4.44. The second-order valence-corrected chi connectivity index (χ2v) is 21.8. The molecule has 0 spiro atoms. The van der Waals surface area contributed by atoms with E-state index < -0.39 is 92.7 Å². The molecule has 3 aromatic carbocycles.